The third-order valence-electron chi connectivity index (χ3n) is 4.52. The fraction of sp³-hybridized carbons (Fsp3) is 0.562. The van der Waals surface area contributed by atoms with E-state index in [4.69, 9.17) is 4.74 Å². The Labute approximate surface area is 120 Å². The molecule has 0 aromatic heterocycles. The van der Waals surface area contributed by atoms with Crippen molar-refractivity contribution in [2.45, 2.75) is 44.7 Å². The van der Waals surface area contributed by atoms with Crippen LogP contribution in [0.1, 0.15) is 39.2 Å². The van der Waals surface area contributed by atoms with Gasteiger partial charge in [0.25, 0.3) is 0 Å². The second kappa shape index (κ2) is 4.86. The number of carbonyl (C=O) groups is 1. The Bertz CT molecular complexity index is 496. The van der Waals surface area contributed by atoms with E-state index in [2.05, 4.69) is 0 Å². The van der Waals surface area contributed by atoms with Crippen molar-refractivity contribution in [2.75, 3.05) is 7.11 Å². The van der Waals surface area contributed by atoms with E-state index in [9.17, 15) is 10.0 Å². The highest BCUT2D eigenvalue weighted by molar-refractivity contribution is 5.76. The minimum atomic E-state index is -0.795. The monoisotopic (exact) mass is 276 g/mol. The van der Waals surface area contributed by atoms with E-state index in [1.807, 2.05) is 58.0 Å². The predicted molar refractivity (Wildman–Crippen MR) is 75.4 cm³/mol. The number of nitrogens with zero attached hydrogens (tertiary/aromatic N) is 1. The molecule has 4 heteroatoms. The average molecular weight is 276 g/mol. The molecule has 1 saturated heterocycles. The summed E-state index contributed by atoms with van der Waals surface area (Å²) in [6, 6.07) is 9.73. The van der Waals surface area contributed by atoms with Gasteiger partial charge in [-0.2, -0.15) is 0 Å². The first-order valence-electron chi connectivity index (χ1n) is 6.85. The maximum Gasteiger partial charge on any atom is 0.311 e. The highest BCUT2D eigenvalue weighted by Crippen LogP contribution is 2.53. The number of methoxy groups -OCH3 is 1. The van der Waals surface area contributed by atoms with E-state index in [0.717, 1.165) is 10.6 Å². The molecule has 0 aliphatic carbocycles. The molecule has 1 heterocycles. The van der Waals surface area contributed by atoms with Crippen LogP contribution in [-0.4, -0.2) is 29.2 Å². The summed E-state index contributed by atoms with van der Waals surface area (Å²) in [5.41, 5.74) is -0.458. The Balaban J connectivity index is 2.58. The lowest BCUT2D eigenvalue weighted by Crippen LogP contribution is -2.47. The summed E-state index contributed by atoms with van der Waals surface area (Å²) >= 11 is 0. The van der Waals surface area contributed by atoms with Gasteiger partial charge in [-0.1, -0.05) is 30.3 Å². The third kappa shape index (κ3) is 2.03. The van der Waals surface area contributed by atoms with Crippen LogP contribution in [-0.2, 0) is 14.7 Å². The molecular weight excluding hydrogens is 254 g/mol. The lowest BCUT2D eigenvalue weighted by molar-refractivity contribution is -0.249. The highest BCUT2D eigenvalue weighted by atomic mass is 16.5. The molecule has 0 N–H and O–H groups in total. The van der Waals surface area contributed by atoms with Gasteiger partial charge < -0.3 is 4.74 Å². The van der Waals surface area contributed by atoms with E-state index in [1.165, 1.54) is 7.11 Å². The summed E-state index contributed by atoms with van der Waals surface area (Å²) in [5.74, 6) is -0.999. The largest absolute Gasteiger partial charge is 0.469 e. The lowest BCUT2D eigenvalue weighted by atomic mass is 9.73. The van der Waals surface area contributed by atoms with Crippen molar-refractivity contribution in [2.24, 2.45) is 5.92 Å². The first-order valence-corrected chi connectivity index (χ1v) is 6.85. The number of carbonyl (C=O) groups excluding carboxylic acids is 1. The summed E-state index contributed by atoms with van der Waals surface area (Å²) < 4.78 is 4.96. The summed E-state index contributed by atoms with van der Waals surface area (Å²) in [6.07, 6.45) is 0. The minimum absolute atomic E-state index is 0.191. The van der Waals surface area contributed by atoms with Crippen LogP contribution in [0.5, 0.6) is 0 Å². The molecule has 1 aromatic rings. The number of hydrogen-bond acceptors (Lipinski definition) is 3. The SMILES string of the molecule is COC(=O)[C@H]1[C@H](c2ccccc2)C(C)(C)N([O])C1(C)C. The van der Waals surface area contributed by atoms with Gasteiger partial charge in [0.05, 0.1) is 24.1 Å². The lowest BCUT2D eigenvalue weighted by Gasteiger charge is -2.33. The Kier molecular flexibility index (Phi) is 3.65. The molecule has 4 nitrogen and oxygen atoms in total. The molecule has 1 radical (unpaired) electrons. The second-order valence-electron chi connectivity index (χ2n) is 6.49. The Morgan fingerprint density at radius 3 is 2.15 bits per heavy atom. The Morgan fingerprint density at radius 2 is 1.65 bits per heavy atom. The van der Waals surface area contributed by atoms with Gasteiger partial charge in [-0.25, -0.2) is 0 Å². The van der Waals surface area contributed by atoms with E-state index in [0.29, 0.717) is 0 Å². The molecule has 1 aliphatic rings. The molecule has 0 bridgehead atoms. The van der Waals surface area contributed by atoms with Crippen molar-refractivity contribution in [3.05, 3.63) is 35.9 Å². The van der Waals surface area contributed by atoms with Crippen LogP contribution in [0.2, 0.25) is 0 Å². The molecule has 0 saturated carbocycles. The van der Waals surface area contributed by atoms with Crippen LogP contribution in [0.25, 0.3) is 0 Å². The zero-order chi connectivity index (χ0) is 15.1. The first kappa shape index (κ1) is 15.0. The van der Waals surface area contributed by atoms with Gasteiger partial charge in [0, 0.05) is 5.92 Å². The normalized spacial score (nSPS) is 28.3. The second-order valence-corrected chi connectivity index (χ2v) is 6.49. The topological polar surface area (TPSA) is 49.4 Å². The molecule has 1 fully saturated rings. The third-order valence-corrected chi connectivity index (χ3v) is 4.52. The summed E-state index contributed by atoms with van der Waals surface area (Å²) in [6.45, 7) is 7.41. The van der Waals surface area contributed by atoms with Gasteiger partial charge in [0.15, 0.2) is 0 Å². The molecule has 0 spiro atoms. The number of rotatable bonds is 2. The highest BCUT2D eigenvalue weighted by Gasteiger charge is 2.62. The van der Waals surface area contributed by atoms with Crippen LogP contribution in [0.4, 0.5) is 0 Å². The molecule has 2 atom stereocenters. The molecule has 109 valence electrons. The summed E-state index contributed by atoms with van der Waals surface area (Å²) in [5, 5.41) is 13.7. The molecule has 2 rings (SSSR count). The van der Waals surface area contributed by atoms with Gasteiger partial charge in [-0.15, -0.1) is 10.3 Å². The van der Waals surface area contributed by atoms with Gasteiger partial charge in [0.1, 0.15) is 0 Å². The van der Waals surface area contributed by atoms with Crippen molar-refractivity contribution in [1.29, 1.82) is 0 Å². The number of esters is 1. The molecule has 0 unspecified atom stereocenters. The maximum atomic E-state index is 12.7. The van der Waals surface area contributed by atoms with E-state index in [1.54, 1.807) is 0 Å². The van der Waals surface area contributed by atoms with Crippen molar-refractivity contribution >= 4 is 5.97 Å². The van der Waals surface area contributed by atoms with Crippen LogP contribution >= 0.6 is 0 Å². The van der Waals surface area contributed by atoms with Crippen LogP contribution < -0.4 is 0 Å². The fourth-order valence-corrected chi connectivity index (χ4v) is 3.62. The molecular formula is C16H22NO3. The van der Waals surface area contributed by atoms with Gasteiger partial charge in [-0.3, -0.25) is 4.79 Å². The number of ether oxygens (including phenoxy) is 1. The average Bonchev–Trinajstić information content (AvgIpc) is 2.56. The van der Waals surface area contributed by atoms with Crippen LogP contribution in [0.15, 0.2) is 30.3 Å². The molecule has 0 amide bonds. The number of hydroxylamine groups is 2. The zero-order valence-electron chi connectivity index (χ0n) is 12.7. The first-order chi connectivity index (χ1) is 9.24. The molecule has 20 heavy (non-hydrogen) atoms. The Hall–Kier alpha value is -1.39. The minimum Gasteiger partial charge on any atom is -0.469 e. The van der Waals surface area contributed by atoms with Crippen molar-refractivity contribution in [3.8, 4) is 0 Å². The summed E-state index contributed by atoms with van der Waals surface area (Å²) in [7, 11) is 1.38. The number of hydrogen-bond donors (Lipinski definition) is 0. The Morgan fingerprint density at radius 1 is 1.10 bits per heavy atom. The van der Waals surface area contributed by atoms with Gasteiger partial charge in [0.2, 0.25) is 0 Å². The van der Waals surface area contributed by atoms with Gasteiger partial charge >= 0.3 is 5.97 Å². The van der Waals surface area contributed by atoms with Crippen molar-refractivity contribution in [1.82, 2.24) is 5.06 Å². The quantitative estimate of drug-likeness (QED) is 0.780. The summed E-state index contributed by atoms with van der Waals surface area (Å²) in [4.78, 5) is 12.3. The standard InChI is InChI=1S/C16H22NO3/c1-15(2)12(11-9-7-6-8-10-11)13(14(18)20-5)16(3,4)17(15)19/h6-10,12-13H,1-5H3/t12-,13+/m0/s1. The van der Waals surface area contributed by atoms with Crippen LogP contribution in [0.3, 0.4) is 0 Å². The molecule has 1 aliphatic heterocycles. The zero-order valence-corrected chi connectivity index (χ0v) is 12.7. The van der Waals surface area contributed by atoms with Crippen molar-refractivity contribution in [3.63, 3.8) is 0 Å². The van der Waals surface area contributed by atoms with E-state index < -0.39 is 17.0 Å². The van der Waals surface area contributed by atoms with Gasteiger partial charge in [-0.05, 0) is 33.3 Å². The fourth-order valence-electron chi connectivity index (χ4n) is 3.62. The molecule has 1 aromatic carbocycles. The predicted octanol–water partition coefficient (Wildman–Crippen LogP) is 2.78. The number of benzene rings is 1. The smallest absolute Gasteiger partial charge is 0.311 e. The van der Waals surface area contributed by atoms with E-state index in [-0.39, 0.29) is 11.9 Å². The maximum absolute atomic E-state index is 12.7. The van der Waals surface area contributed by atoms with Crippen LogP contribution in [0, 0.1) is 5.92 Å². The van der Waals surface area contributed by atoms with E-state index >= 15 is 0 Å². The van der Waals surface area contributed by atoms with Crippen molar-refractivity contribution < 1.29 is 14.7 Å².